The van der Waals surface area contributed by atoms with E-state index in [1.807, 2.05) is 60.7 Å². The van der Waals surface area contributed by atoms with E-state index in [-0.39, 0.29) is 11.8 Å². The van der Waals surface area contributed by atoms with Gasteiger partial charge in [0.25, 0.3) is 0 Å². The number of rotatable bonds is 6. The van der Waals surface area contributed by atoms with Crippen molar-refractivity contribution < 1.29 is 9.59 Å². The molecule has 1 aromatic heterocycles. The quantitative estimate of drug-likeness (QED) is 0.490. The van der Waals surface area contributed by atoms with Crippen LogP contribution in [0.5, 0.6) is 0 Å². The van der Waals surface area contributed by atoms with E-state index in [0.29, 0.717) is 28.4 Å². The Kier molecular flexibility index (Phi) is 7.90. The Morgan fingerprint density at radius 1 is 0.912 bits per heavy atom. The number of thioether (sulfide) groups is 1. The van der Waals surface area contributed by atoms with Crippen molar-refractivity contribution in [2.45, 2.75) is 44.3 Å². The lowest BCUT2D eigenvalue weighted by molar-refractivity contribution is -0.117. The van der Waals surface area contributed by atoms with Crippen LogP contribution in [-0.4, -0.2) is 38.9 Å². The number of imide groups is 1. The lowest BCUT2D eigenvalue weighted by Gasteiger charge is -2.34. The van der Waals surface area contributed by atoms with Crippen molar-refractivity contribution in [3.63, 3.8) is 0 Å². The minimum absolute atomic E-state index is 0.0185. The predicted molar refractivity (Wildman–Crippen MR) is 134 cm³/mol. The lowest BCUT2D eigenvalue weighted by atomic mass is 9.78. The third-order valence-electron chi connectivity index (χ3n) is 6.37. The normalized spacial score (nSPS) is 19.9. The van der Waals surface area contributed by atoms with Crippen LogP contribution in [0.1, 0.15) is 33.1 Å². The topological polar surface area (TPSA) is 96.9 Å². The molecule has 0 aliphatic heterocycles. The Morgan fingerprint density at radius 3 is 2.24 bits per heavy atom. The van der Waals surface area contributed by atoms with E-state index in [1.165, 1.54) is 6.42 Å². The highest BCUT2D eigenvalue weighted by molar-refractivity contribution is 7.99. The fourth-order valence-electron chi connectivity index (χ4n) is 4.24. The summed E-state index contributed by atoms with van der Waals surface area (Å²) < 4.78 is 0. The fraction of sp³-hybridized carbons (Fsp3) is 0.346. The summed E-state index contributed by atoms with van der Waals surface area (Å²) in [4.78, 5) is 29.4. The molecule has 0 radical (unpaired) electrons. The summed E-state index contributed by atoms with van der Waals surface area (Å²) in [6.07, 6.45) is 3.21. The zero-order chi connectivity index (χ0) is 23.9. The summed E-state index contributed by atoms with van der Waals surface area (Å²) >= 11 is 1.15. The summed E-state index contributed by atoms with van der Waals surface area (Å²) in [5.41, 5.74) is 3.20. The molecule has 0 spiro atoms. The third-order valence-corrected chi connectivity index (χ3v) is 7.21. The number of benzene rings is 2. The smallest absolute Gasteiger partial charge is 0.321 e. The molecule has 3 atom stereocenters. The number of carbonyl (C=O) groups is 2. The molecule has 7 nitrogen and oxygen atoms in total. The molecule has 1 saturated carbocycles. The Balaban J connectivity index is 1.41. The first-order valence-corrected chi connectivity index (χ1v) is 12.6. The minimum Gasteiger partial charge on any atom is -0.335 e. The van der Waals surface area contributed by atoms with Gasteiger partial charge in [-0.1, -0.05) is 99.1 Å². The highest BCUT2D eigenvalue weighted by Gasteiger charge is 2.28. The lowest BCUT2D eigenvalue weighted by Crippen LogP contribution is -2.49. The predicted octanol–water partition coefficient (Wildman–Crippen LogP) is 4.95. The maximum Gasteiger partial charge on any atom is 0.321 e. The SMILES string of the molecule is C[C@H]1[C@H](C)CCC[C@H]1NC(=O)NC(=O)CSc1nnc(-c2ccccc2)c(-c2ccccc2)n1. The molecule has 1 fully saturated rings. The molecule has 1 heterocycles. The number of aromatic nitrogens is 3. The van der Waals surface area contributed by atoms with Crippen LogP contribution in [0.2, 0.25) is 0 Å². The summed E-state index contributed by atoms with van der Waals surface area (Å²) in [7, 11) is 0. The van der Waals surface area contributed by atoms with E-state index >= 15 is 0 Å². The van der Waals surface area contributed by atoms with Crippen molar-refractivity contribution >= 4 is 23.7 Å². The molecule has 4 rings (SSSR count). The van der Waals surface area contributed by atoms with Crippen LogP contribution in [0.3, 0.4) is 0 Å². The van der Waals surface area contributed by atoms with E-state index in [9.17, 15) is 9.59 Å². The van der Waals surface area contributed by atoms with E-state index in [2.05, 4.69) is 34.7 Å². The van der Waals surface area contributed by atoms with Gasteiger partial charge >= 0.3 is 6.03 Å². The monoisotopic (exact) mass is 475 g/mol. The Hall–Kier alpha value is -3.26. The summed E-state index contributed by atoms with van der Waals surface area (Å²) in [5, 5.41) is 14.4. The first-order valence-electron chi connectivity index (χ1n) is 11.6. The van der Waals surface area contributed by atoms with Crippen molar-refractivity contribution in [1.29, 1.82) is 0 Å². The zero-order valence-corrected chi connectivity index (χ0v) is 20.2. The Morgan fingerprint density at radius 2 is 1.56 bits per heavy atom. The molecule has 3 aromatic rings. The molecular weight excluding hydrogens is 446 g/mol. The zero-order valence-electron chi connectivity index (χ0n) is 19.4. The summed E-state index contributed by atoms with van der Waals surface area (Å²) in [6, 6.07) is 19.2. The Bertz CT molecular complexity index is 1130. The highest BCUT2D eigenvalue weighted by atomic mass is 32.2. The number of carbonyl (C=O) groups excluding carboxylic acids is 2. The van der Waals surface area contributed by atoms with Crippen molar-refractivity contribution in [2.24, 2.45) is 11.8 Å². The molecule has 0 bridgehead atoms. The average molecular weight is 476 g/mol. The highest BCUT2D eigenvalue weighted by Crippen LogP contribution is 2.30. The van der Waals surface area contributed by atoms with Crippen molar-refractivity contribution in [3.8, 4) is 22.5 Å². The van der Waals surface area contributed by atoms with Gasteiger partial charge in [-0.2, -0.15) is 0 Å². The largest absolute Gasteiger partial charge is 0.335 e. The molecule has 8 heteroatoms. The summed E-state index contributed by atoms with van der Waals surface area (Å²) in [5.74, 6) is 0.580. The molecule has 0 unspecified atom stereocenters. The van der Waals surface area contributed by atoms with Crippen LogP contribution in [0.15, 0.2) is 65.8 Å². The number of urea groups is 1. The van der Waals surface area contributed by atoms with E-state index in [1.54, 1.807) is 0 Å². The number of hydrogen-bond donors (Lipinski definition) is 2. The first kappa shape index (κ1) is 23.9. The van der Waals surface area contributed by atoms with Crippen LogP contribution < -0.4 is 10.6 Å². The van der Waals surface area contributed by atoms with Gasteiger partial charge in [-0.15, -0.1) is 10.2 Å². The van der Waals surface area contributed by atoms with Gasteiger partial charge in [0.2, 0.25) is 11.1 Å². The second kappa shape index (κ2) is 11.2. The van der Waals surface area contributed by atoms with Gasteiger partial charge in [-0.3, -0.25) is 10.1 Å². The number of hydrogen-bond acceptors (Lipinski definition) is 6. The second-order valence-corrected chi connectivity index (χ2v) is 9.65. The third kappa shape index (κ3) is 5.99. The maximum atomic E-state index is 12.4. The molecule has 2 aromatic carbocycles. The molecule has 1 aliphatic rings. The van der Waals surface area contributed by atoms with Crippen LogP contribution in [-0.2, 0) is 4.79 Å². The van der Waals surface area contributed by atoms with Crippen molar-refractivity contribution in [2.75, 3.05) is 5.75 Å². The second-order valence-electron chi connectivity index (χ2n) is 8.71. The van der Waals surface area contributed by atoms with Crippen LogP contribution in [0.4, 0.5) is 4.79 Å². The maximum absolute atomic E-state index is 12.4. The van der Waals surface area contributed by atoms with Crippen LogP contribution in [0, 0.1) is 11.8 Å². The molecular formula is C26H29N5O2S. The van der Waals surface area contributed by atoms with Crippen molar-refractivity contribution in [3.05, 3.63) is 60.7 Å². The van der Waals surface area contributed by atoms with E-state index in [0.717, 1.165) is 35.7 Å². The standard InChI is InChI=1S/C26H29N5O2S/c1-17-10-9-15-21(18(17)2)27-25(33)28-22(32)16-34-26-29-23(19-11-5-3-6-12-19)24(30-31-26)20-13-7-4-8-14-20/h3-8,11-14,17-18,21H,9-10,15-16H2,1-2H3,(H2,27,28,32,33)/t17-,18+,21-/m1/s1. The Labute approximate surface area is 204 Å². The van der Waals surface area contributed by atoms with Gasteiger partial charge in [0.15, 0.2) is 0 Å². The minimum atomic E-state index is -0.444. The van der Waals surface area contributed by atoms with Gasteiger partial charge in [0.05, 0.1) is 5.75 Å². The van der Waals surface area contributed by atoms with Gasteiger partial charge in [0, 0.05) is 17.2 Å². The molecule has 176 valence electrons. The average Bonchev–Trinajstić information content (AvgIpc) is 2.86. The van der Waals surface area contributed by atoms with E-state index in [4.69, 9.17) is 4.98 Å². The number of amides is 3. The first-order chi connectivity index (χ1) is 16.5. The van der Waals surface area contributed by atoms with Gasteiger partial charge < -0.3 is 5.32 Å². The van der Waals surface area contributed by atoms with Crippen LogP contribution in [0.25, 0.3) is 22.5 Å². The fourth-order valence-corrected chi connectivity index (χ4v) is 4.83. The molecule has 1 aliphatic carbocycles. The van der Waals surface area contributed by atoms with E-state index < -0.39 is 11.9 Å². The number of nitrogens with one attached hydrogen (secondary N) is 2. The number of nitrogens with zero attached hydrogens (tertiary/aromatic N) is 3. The molecule has 34 heavy (non-hydrogen) atoms. The van der Waals surface area contributed by atoms with Crippen LogP contribution >= 0.6 is 11.8 Å². The van der Waals surface area contributed by atoms with Gasteiger partial charge in [0.1, 0.15) is 11.4 Å². The molecule has 2 N–H and O–H groups in total. The van der Waals surface area contributed by atoms with Gasteiger partial charge in [-0.05, 0) is 18.3 Å². The molecule has 3 amide bonds. The van der Waals surface area contributed by atoms with Crippen molar-refractivity contribution in [1.82, 2.24) is 25.8 Å². The van der Waals surface area contributed by atoms with Gasteiger partial charge in [-0.25, -0.2) is 9.78 Å². The summed E-state index contributed by atoms with van der Waals surface area (Å²) in [6.45, 7) is 4.36. The molecule has 0 saturated heterocycles.